The van der Waals surface area contributed by atoms with Crippen LogP contribution in [0.3, 0.4) is 0 Å². The van der Waals surface area contributed by atoms with Gasteiger partial charge in [-0.1, -0.05) is 42.5 Å². The molecule has 0 N–H and O–H groups in total. The molecule has 2 aromatic rings. The number of rotatable bonds is 2. The molecule has 2 aromatic carbocycles. The monoisotopic (exact) mass is 248 g/mol. The van der Waals surface area contributed by atoms with Gasteiger partial charge in [-0.15, -0.1) is 0 Å². The molecule has 0 bridgehead atoms. The Balaban J connectivity index is 2.12. The molecule has 0 radical (unpaired) electrons. The van der Waals surface area contributed by atoms with Crippen LogP contribution in [-0.4, -0.2) is 6.29 Å². The average molecular weight is 248 g/mol. The Morgan fingerprint density at radius 3 is 2.68 bits per heavy atom. The predicted molar refractivity (Wildman–Crippen MR) is 78.4 cm³/mol. The Kier molecular flexibility index (Phi) is 3.04. The lowest BCUT2D eigenvalue weighted by Gasteiger charge is -2.19. The van der Waals surface area contributed by atoms with Gasteiger partial charge in [0.25, 0.3) is 0 Å². The van der Waals surface area contributed by atoms with Crippen molar-refractivity contribution >= 4 is 11.9 Å². The standard InChI is InChI=1S/C18H16O/c1-13-11-14(12-19)9-10-16(13)18-8-4-6-15-5-2-3-7-17(15)18/h2-3,5,7-12H,4,6H2,1H3. The second kappa shape index (κ2) is 4.85. The van der Waals surface area contributed by atoms with Crippen LogP contribution in [0.2, 0.25) is 0 Å². The van der Waals surface area contributed by atoms with E-state index in [1.165, 1.54) is 22.3 Å². The molecular weight excluding hydrogens is 232 g/mol. The Morgan fingerprint density at radius 1 is 1.05 bits per heavy atom. The van der Waals surface area contributed by atoms with Crippen LogP contribution in [0.4, 0.5) is 0 Å². The summed E-state index contributed by atoms with van der Waals surface area (Å²) in [6.07, 6.45) is 5.41. The molecule has 0 saturated carbocycles. The van der Waals surface area contributed by atoms with Crippen LogP contribution < -0.4 is 0 Å². The third-order valence-electron chi connectivity index (χ3n) is 3.75. The summed E-state index contributed by atoms with van der Waals surface area (Å²) in [5.74, 6) is 0. The molecule has 0 heterocycles. The fourth-order valence-corrected chi connectivity index (χ4v) is 2.80. The van der Waals surface area contributed by atoms with Gasteiger partial charge in [-0.3, -0.25) is 4.79 Å². The molecule has 0 spiro atoms. The van der Waals surface area contributed by atoms with Gasteiger partial charge in [0.15, 0.2) is 0 Å². The lowest BCUT2D eigenvalue weighted by atomic mass is 9.85. The molecule has 0 aromatic heterocycles. The Hall–Kier alpha value is -2.15. The fourth-order valence-electron chi connectivity index (χ4n) is 2.80. The maximum absolute atomic E-state index is 10.8. The summed E-state index contributed by atoms with van der Waals surface area (Å²) in [5, 5.41) is 0. The quantitative estimate of drug-likeness (QED) is 0.728. The highest BCUT2D eigenvalue weighted by Crippen LogP contribution is 2.33. The van der Waals surface area contributed by atoms with Crippen molar-refractivity contribution in [2.75, 3.05) is 0 Å². The van der Waals surface area contributed by atoms with Crippen LogP contribution >= 0.6 is 0 Å². The lowest BCUT2D eigenvalue weighted by Crippen LogP contribution is -2.02. The lowest BCUT2D eigenvalue weighted by molar-refractivity contribution is 0.112. The van der Waals surface area contributed by atoms with Crippen LogP contribution in [0.25, 0.3) is 5.57 Å². The number of aryl methyl sites for hydroxylation is 2. The molecule has 0 atom stereocenters. The second-order valence-corrected chi connectivity index (χ2v) is 5.01. The Bertz CT molecular complexity index is 665. The first-order valence-corrected chi connectivity index (χ1v) is 6.64. The molecule has 1 nitrogen and oxygen atoms in total. The second-order valence-electron chi connectivity index (χ2n) is 5.01. The predicted octanol–water partition coefficient (Wildman–Crippen LogP) is 4.19. The summed E-state index contributed by atoms with van der Waals surface area (Å²) in [6, 6.07) is 14.5. The average Bonchev–Trinajstić information content (AvgIpc) is 2.46. The van der Waals surface area contributed by atoms with E-state index in [0.29, 0.717) is 0 Å². The van der Waals surface area contributed by atoms with Crippen molar-refractivity contribution in [3.63, 3.8) is 0 Å². The summed E-state index contributed by atoms with van der Waals surface area (Å²) in [6.45, 7) is 2.07. The molecule has 0 unspecified atom stereocenters. The third kappa shape index (κ3) is 2.12. The molecule has 3 rings (SSSR count). The SMILES string of the molecule is Cc1cc(C=O)ccc1C1=CCCc2ccccc21. The maximum Gasteiger partial charge on any atom is 0.150 e. The van der Waals surface area contributed by atoms with Gasteiger partial charge in [0, 0.05) is 5.56 Å². The van der Waals surface area contributed by atoms with Crippen molar-refractivity contribution in [1.29, 1.82) is 0 Å². The van der Waals surface area contributed by atoms with E-state index in [4.69, 9.17) is 0 Å². The van der Waals surface area contributed by atoms with E-state index in [1.54, 1.807) is 0 Å². The zero-order chi connectivity index (χ0) is 13.2. The number of hydrogen-bond donors (Lipinski definition) is 0. The van der Waals surface area contributed by atoms with E-state index in [9.17, 15) is 4.79 Å². The van der Waals surface area contributed by atoms with Crippen LogP contribution in [0.5, 0.6) is 0 Å². The third-order valence-corrected chi connectivity index (χ3v) is 3.75. The van der Waals surface area contributed by atoms with Gasteiger partial charge in [-0.2, -0.15) is 0 Å². The highest BCUT2D eigenvalue weighted by atomic mass is 16.1. The van der Waals surface area contributed by atoms with E-state index in [1.807, 2.05) is 12.1 Å². The number of benzene rings is 2. The van der Waals surface area contributed by atoms with E-state index in [-0.39, 0.29) is 0 Å². The molecule has 1 heteroatoms. The largest absolute Gasteiger partial charge is 0.298 e. The number of allylic oxidation sites excluding steroid dienone is 1. The first-order chi connectivity index (χ1) is 9.29. The summed E-state index contributed by atoms with van der Waals surface area (Å²) >= 11 is 0. The molecule has 94 valence electrons. The molecule has 0 amide bonds. The van der Waals surface area contributed by atoms with Crippen LogP contribution in [0.1, 0.15) is 39.0 Å². The molecule has 1 aliphatic carbocycles. The molecule has 0 saturated heterocycles. The van der Waals surface area contributed by atoms with Gasteiger partial charge in [-0.05, 0) is 53.7 Å². The smallest absolute Gasteiger partial charge is 0.150 e. The van der Waals surface area contributed by atoms with Crippen molar-refractivity contribution in [1.82, 2.24) is 0 Å². The summed E-state index contributed by atoms with van der Waals surface area (Å²) in [5.41, 5.74) is 7.18. The summed E-state index contributed by atoms with van der Waals surface area (Å²) < 4.78 is 0. The number of aldehydes is 1. The molecular formula is C18H16O. The number of carbonyl (C=O) groups excluding carboxylic acids is 1. The molecule has 1 aliphatic rings. The van der Waals surface area contributed by atoms with Gasteiger partial charge in [-0.25, -0.2) is 0 Å². The van der Waals surface area contributed by atoms with Crippen molar-refractivity contribution in [2.45, 2.75) is 19.8 Å². The van der Waals surface area contributed by atoms with Gasteiger partial charge >= 0.3 is 0 Å². The van der Waals surface area contributed by atoms with E-state index in [0.717, 1.165) is 30.3 Å². The van der Waals surface area contributed by atoms with E-state index < -0.39 is 0 Å². The Labute approximate surface area is 113 Å². The Morgan fingerprint density at radius 2 is 1.89 bits per heavy atom. The zero-order valence-corrected chi connectivity index (χ0v) is 11.0. The van der Waals surface area contributed by atoms with Gasteiger partial charge in [0.1, 0.15) is 6.29 Å². The van der Waals surface area contributed by atoms with E-state index in [2.05, 4.69) is 43.3 Å². The van der Waals surface area contributed by atoms with Crippen LogP contribution in [-0.2, 0) is 6.42 Å². The highest BCUT2D eigenvalue weighted by molar-refractivity contribution is 5.85. The number of hydrogen-bond acceptors (Lipinski definition) is 1. The minimum atomic E-state index is 0.742. The molecule has 19 heavy (non-hydrogen) atoms. The first kappa shape index (κ1) is 11.9. The zero-order valence-electron chi connectivity index (χ0n) is 11.0. The number of fused-ring (bicyclic) bond motifs is 1. The molecule has 0 fully saturated rings. The van der Waals surface area contributed by atoms with Crippen LogP contribution in [0, 0.1) is 6.92 Å². The summed E-state index contributed by atoms with van der Waals surface area (Å²) in [4.78, 5) is 10.8. The summed E-state index contributed by atoms with van der Waals surface area (Å²) in [7, 11) is 0. The minimum Gasteiger partial charge on any atom is -0.298 e. The maximum atomic E-state index is 10.8. The van der Waals surface area contributed by atoms with Gasteiger partial charge in [0.2, 0.25) is 0 Å². The van der Waals surface area contributed by atoms with Crippen molar-refractivity contribution in [3.05, 3.63) is 76.4 Å². The fraction of sp³-hybridized carbons (Fsp3) is 0.167. The van der Waals surface area contributed by atoms with Crippen molar-refractivity contribution in [3.8, 4) is 0 Å². The molecule has 0 aliphatic heterocycles. The van der Waals surface area contributed by atoms with Gasteiger partial charge in [0.05, 0.1) is 0 Å². The number of carbonyl (C=O) groups is 1. The van der Waals surface area contributed by atoms with Crippen molar-refractivity contribution < 1.29 is 4.79 Å². The van der Waals surface area contributed by atoms with Gasteiger partial charge < -0.3 is 0 Å². The highest BCUT2D eigenvalue weighted by Gasteiger charge is 2.14. The van der Waals surface area contributed by atoms with Crippen LogP contribution in [0.15, 0.2) is 48.5 Å². The normalized spacial score (nSPS) is 13.6. The van der Waals surface area contributed by atoms with Crippen molar-refractivity contribution in [2.24, 2.45) is 0 Å². The topological polar surface area (TPSA) is 17.1 Å². The first-order valence-electron chi connectivity index (χ1n) is 6.64. The minimum absolute atomic E-state index is 0.742. The van der Waals surface area contributed by atoms with E-state index >= 15 is 0 Å².